The maximum absolute atomic E-state index is 13.7. The number of carbonyl (C=O) groups excluding carboxylic acids is 1. The van der Waals surface area contributed by atoms with Gasteiger partial charge in [0.2, 0.25) is 10.0 Å². The number of rotatable bonds is 13. The zero-order valence-electron chi connectivity index (χ0n) is 22.6. The summed E-state index contributed by atoms with van der Waals surface area (Å²) in [5.74, 6) is 2.56. The normalized spacial score (nSPS) is 18.8. The molecule has 8 nitrogen and oxygen atoms in total. The van der Waals surface area contributed by atoms with Gasteiger partial charge in [0, 0.05) is 25.4 Å². The van der Waals surface area contributed by atoms with Gasteiger partial charge in [-0.2, -0.15) is 16.1 Å². The lowest BCUT2D eigenvalue weighted by molar-refractivity contribution is 0.0483. The van der Waals surface area contributed by atoms with Crippen LogP contribution in [0.2, 0.25) is 0 Å². The van der Waals surface area contributed by atoms with Crippen LogP contribution in [0.5, 0.6) is 5.75 Å². The molecule has 214 valence electrons. The topological polar surface area (TPSA) is 96.4 Å². The Labute approximate surface area is 236 Å². The van der Waals surface area contributed by atoms with Gasteiger partial charge in [-0.1, -0.05) is 43.2 Å². The molecule has 4 rings (SSSR count). The van der Waals surface area contributed by atoms with Crippen molar-refractivity contribution in [1.82, 2.24) is 9.21 Å². The first kappa shape index (κ1) is 29.7. The van der Waals surface area contributed by atoms with Crippen molar-refractivity contribution in [2.45, 2.75) is 55.6 Å². The molecule has 1 saturated carbocycles. The first-order valence-corrected chi connectivity index (χ1v) is 16.3. The van der Waals surface area contributed by atoms with Gasteiger partial charge in [0.15, 0.2) is 0 Å². The molecule has 2 atom stereocenters. The molecule has 0 bridgehead atoms. The first-order chi connectivity index (χ1) is 18.8. The molecule has 1 heterocycles. The Morgan fingerprint density at radius 1 is 1.05 bits per heavy atom. The van der Waals surface area contributed by atoms with Gasteiger partial charge in [0.25, 0.3) is 0 Å². The highest BCUT2D eigenvalue weighted by Gasteiger charge is 2.32. The second-order valence-corrected chi connectivity index (χ2v) is 13.4. The Bertz CT molecular complexity index is 1130. The van der Waals surface area contributed by atoms with Crippen LogP contribution in [0.15, 0.2) is 59.5 Å². The molecule has 0 spiro atoms. The molecule has 1 aliphatic heterocycles. The third-order valence-electron chi connectivity index (χ3n) is 7.41. The van der Waals surface area contributed by atoms with Crippen molar-refractivity contribution in [2.75, 3.05) is 44.8 Å². The van der Waals surface area contributed by atoms with Gasteiger partial charge in [0.1, 0.15) is 11.9 Å². The number of aliphatic hydroxyl groups is 1. The van der Waals surface area contributed by atoms with E-state index < -0.39 is 22.2 Å². The highest BCUT2D eigenvalue weighted by molar-refractivity contribution is 7.99. The molecule has 1 aliphatic carbocycles. The van der Waals surface area contributed by atoms with Crippen molar-refractivity contribution in [3.8, 4) is 5.75 Å². The third-order valence-corrected chi connectivity index (χ3v) is 10.4. The number of hydrogen-bond acceptors (Lipinski definition) is 7. The fourth-order valence-corrected chi connectivity index (χ4v) is 7.83. The quantitative estimate of drug-likeness (QED) is 0.377. The lowest BCUT2D eigenvalue weighted by Crippen LogP contribution is -2.46. The minimum Gasteiger partial charge on any atom is -0.497 e. The van der Waals surface area contributed by atoms with Crippen LogP contribution in [0.1, 0.15) is 37.7 Å². The fourth-order valence-electron chi connectivity index (χ4n) is 5.18. The fraction of sp³-hybridized carbons (Fsp3) is 0.552. The number of hydrogen-bond donors (Lipinski definition) is 1. The van der Waals surface area contributed by atoms with Crippen molar-refractivity contribution in [1.29, 1.82) is 0 Å². The largest absolute Gasteiger partial charge is 0.497 e. The SMILES string of the molecule is COc1ccc(S(=O)(=O)N(CC2CCCC2)C[C@@H](O)CN(CCc2ccccc2)C(=O)OC2CCSC2)cc1. The Balaban J connectivity index is 1.47. The number of ether oxygens (including phenoxy) is 2. The van der Waals surface area contributed by atoms with E-state index in [1.807, 2.05) is 30.3 Å². The number of sulfonamides is 1. The molecule has 0 radical (unpaired) electrons. The van der Waals surface area contributed by atoms with Crippen LogP contribution in [0.4, 0.5) is 4.79 Å². The van der Waals surface area contributed by atoms with E-state index in [2.05, 4.69) is 0 Å². The van der Waals surface area contributed by atoms with E-state index in [-0.39, 0.29) is 30.0 Å². The first-order valence-electron chi connectivity index (χ1n) is 13.7. The number of amides is 1. The Morgan fingerprint density at radius 2 is 1.77 bits per heavy atom. The van der Waals surface area contributed by atoms with Crippen LogP contribution >= 0.6 is 11.8 Å². The maximum Gasteiger partial charge on any atom is 0.410 e. The number of nitrogens with zero attached hydrogens (tertiary/aromatic N) is 2. The molecule has 1 saturated heterocycles. The Kier molecular flexibility index (Phi) is 11.0. The lowest BCUT2D eigenvalue weighted by Gasteiger charge is -2.30. The van der Waals surface area contributed by atoms with E-state index in [4.69, 9.17) is 9.47 Å². The molecule has 1 amide bonds. The van der Waals surface area contributed by atoms with E-state index in [0.717, 1.165) is 49.2 Å². The molecule has 39 heavy (non-hydrogen) atoms. The van der Waals surface area contributed by atoms with Crippen LogP contribution in [-0.2, 0) is 21.2 Å². The number of methoxy groups -OCH3 is 1. The summed E-state index contributed by atoms with van der Waals surface area (Å²) in [5, 5.41) is 11.2. The maximum atomic E-state index is 13.7. The van der Waals surface area contributed by atoms with Crippen LogP contribution in [0.25, 0.3) is 0 Å². The van der Waals surface area contributed by atoms with Crippen LogP contribution < -0.4 is 4.74 Å². The monoisotopic (exact) mass is 576 g/mol. The predicted molar refractivity (Wildman–Crippen MR) is 154 cm³/mol. The number of carbonyl (C=O) groups is 1. The molecule has 2 aliphatic rings. The summed E-state index contributed by atoms with van der Waals surface area (Å²) >= 11 is 1.76. The molecule has 2 aromatic rings. The highest BCUT2D eigenvalue weighted by Crippen LogP contribution is 2.28. The van der Waals surface area contributed by atoms with Crippen LogP contribution in [-0.4, -0.2) is 85.8 Å². The van der Waals surface area contributed by atoms with Crippen molar-refractivity contribution in [3.05, 3.63) is 60.2 Å². The predicted octanol–water partition coefficient (Wildman–Crippen LogP) is 4.42. The van der Waals surface area contributed by atoms with E-state index in [1.165, 1.54) is 28.4 Å². The van der Waals surface area contributed by atoms with E-state index in [0.29, 0.717) is 25.3 Å². The highest BCUT2D eigenvalue weighted by atomic mass is 32.2. The zero-order valence-corrected chi connectivity index (χ0v) is 24.2. The van der Waals surface area contributed by atoms with E-state index >= 15 is 0 Å². The minimum atomic E-state index is -3.86. The Hall–Kier alpha value is -2.27. The zero-order chi connectivity index (χ0) is 27.7. The van der Waals surface area contributed by atoms with Gasteiger partial charge < -0.3 is 19.5 Å². The van der Waals surface area contributed by atoms with Crippen molar-refractivity contribution in [3.63, 3.8) is 0 Å². The smallest absolute Gasteiger partial charge is 0.410 e. The second kappa shape index (κ2) is 14.4. The molecular formula is C29H40N2O6S2. The summed E-state index contributed by atoms with van der Waals surface area (Å²) in [6.45, 7) is 0.608. The van der Waals surface area contributed by atoms with Gasteiger partial charge in [-0.3, -0.25) is 0 Å². The minimum absolute atomic E-state index is 0.00910. The Morgan fingerprint density at radius 3 is 2.41 bits per heavy atom. The average Bonchev–Trinajstić information content (AvgIpc) is 3.66. The molecule has 10 heteroatoms. The summed E-state index contributed by atoms with van der Waals surface area (Å²) in [6, 6.07) is 16.2. The number of benzene rings is 2. The summed E-state index contributed by atoms with van der Waals surface area (Å²) < 4.78 is 39.7. The average molecular weight is 577 g/mol. The molecule has 0 aromatic heterocycles. The van der Waals surface area contributed by atoms with Gasteiger partial charge in [-0.05, 0) is 67.2 Å². The summed E-state index contributed by atoms with van der Waals surface area (Å²) in [4.78, 5) is 14.8. The van der Waals surface area contributed by atoms with Crippen molar-refractivity contribution < 1.29 is 27.8 Å². The molecule has 2 aromatic carbocycles. The molecular weight excluding hydrogens is 536 g/mol. The van der Waals surface area contributed by atoms with Crippen molar-refractivity contribution >= 4 is 27.9 Å². The van der Waals surface area contributed by atoms with Gasteiger partial charge in [0.05, 0.1) is 24.7 Å². The molecule has 1 N–H and O–H groups in total. The number of aliphatic hydroxyl groups excluding tert-OH is 1. The third kappa shape index (κ3) is 8.61. The van der Waals surface area contributed by atoms with E-state index in [9.17, 15) is 18.3 Å². The second-order valence-electron chi connectivity index (χ2n) is 10.4. The van der Waals surface area contributed by atoms with Gasteiger partial charge in [-0.25, -0.2) is 13.2 Å². The van der Waals surface area contributed by atoms with E-state index in [1.54, 1.807) is 23.9 Å². The van der Waals surface area contributed by atoms with Gasteiger partial charge >= 0.3 is 6.09 Å². The standard InChI is InChI=1S/C29H40N2O6S2/c1-36-26-11-13-28(14-12-26)39(34,35)31(19-24-9-5-6-10-24)21-25(32)20-30(17-15-23-7-3-2-4-8-23)29(33)37-27-16-18-38-22-27/h2-4,7-8,11-14,24-25,27,32H,5-6,9-10,15-22H2,1H3/t25-,27?/m0/s1. The van der Waals surface area contributed by atoms with Crippen LogP contribution in [0, 0.1) is 5.92 Å². The lowest BCUT2D eigenvalue weighted by atomic mass is 10.1. The molecule has 2 fully saturated rings. The summed E-state index contributed by atoms with van der Waals surface area (Å²) in [5.41, 5.74) is 1.08. The number of thioether (sulfide) groups is 1. The van der Waals surface area contributed by atoms with Gasteiger partial charge in [-0.15, -0.1) is 0 Å². The van der Waals surface area contributed by atoms with Crippen molar-refractivity contribution in [2.24, 2.45) is 5.92 Å². The summed E-state index contributed by atoms with van der Waals surface area (Å²) in [7, 11) is -2.32. The summed E-state index contributed by atoms with van der Waals surface area (Å²) in [6.07, 6.45) is 3.88. The van der Waals surface area contributed by atoms with Crippen LogP contribution in [0.3, 0.4) is 0 Å². The molecule has 1 unspecified atom stereocenters.